The summed E-state index contributed by atoms with van der Waals surface area (Å²) in [6.45, 7) is 3.26. The van der Waals surface area contributed by atoms with Crippen molar-refractivity contribution in [1.82, 2.24) is 15.0 Å². The molecule has 0 bridgehead atoms. The summed E-state index contributed by atoms with van der Waals surface area (Å²) in [4.78, 5) is 19.3. The summed E-state index contributed by atoms with van der Waals surface area (Å²) in [5.74, 6) is 2.14. The average molecular weight is 302 g/mol. The maximum Gasteiger partial charge on any atom is 0.227 e. The third kappa shape index (κ3) is 3.08. The summed E-state index contributed by atoms with van der Waals surface area (Å²) in [6, 6.07) is 5.05. The van der Waals surface area contributed by atoms with Crippen LogP contribution in [0.4, 0.5) is 22.0 Å². The zero-order valence-corrected chi connectivity index (χ0v) is 12.8. The van der Waals surface area contributed by atoms with Gasteiger partial charge in [-0.3, -0.25) is 0 Å². The fourth-order valence-electron chi connectivity index (χ4n) is 2.43. The first-order chi connectivity index (χ1) is 10.6. The van der Waals surface area contributed by atoms with E-state index in [-0.39, 0.29) is 5.82 Å². The molecule has 0 N–H and O–H groups in total. The maximum absolute atomic E-state index is 12.9. The van der Waals surface area contributed by atoms with Gasteiger partial charge in [0, 0.05) is 46.5 Å². The van der Waals surface area contributed by atoms with Crippen molar-refractivity contribution >= 4 is 17.6 Å². The molecule has 0 spiro atoms. The largest absolute Gasteiger partial charge is 0.363 e. The zero-order valence-electron chi connectivity index (χ0n) is 12.8. The van der Waals surface area contributed by atoms with Crippen molar-refractivity contribution in [3.05, 3.63) is 36.4 Å². The molecule has 0 saturated carbocycles. The summed E-state index contributed by atoms with van der Waals surface area (Å²) in [5, 5.41) is 0. The second-order valence-electron chi connectivity index (χ2n) is 5.42. The number of nitrogens with zero attached hydrogens (tertiary/aromatic N) is 6. The van der Waals surface area contributed by atoms with Crippen LogP contribution < -0.4 is 14.7 Å². The van der Waals surface area contributed by atoms with Crippen LogP contribution in [0.5, 0.6) is 0 Å². The Morgan fingerprint density at radius 3 is 2.36 bits per heavy atom. The van der Waals surface area contributed by atoms with E-state index in [4.69, 9.17) is 0 Å². The molecule has 116 valence electrons. The predicted molar refractivity (Wildman–Crippen MR) is 85.0 cm³/mol. The maximum atomic E-state index is 12.9. The minimum Gasteiger partial charge on any atom is -0.363 e. The Morgan fingerprint density at radius 2 is 1.73 bits per heavy atom. The van der Waals surface area contributed by atoms with Crippen molar-refractivity contribution in [1.29, 1.82) is 0 Å². The van der Waals surface area contributed by atoms with E-state index in [0.29, 0.717) is 0 Å². The predicted octanol–water partition coefficient (Wildman–Crippen LogP) is 1.40. The van der Waals surface area contributed by atoms with Crippen LogP contribution in [-0.2, 0) is 0 Å². The van der Waals surface area contributed by atoms with Gasteiger partial charge in [0.2, 0.25) is 5.95 Å². The molecule has 1 fully saturated rings. The Hall–Kier alpha value is -2.44. The molecule has 0 aromatic carbocycles. The fraction of sp³-hybridized carbons (Fsp3) is 0.400. The van der Waals surface area contributed by atoms with Crippen molar-refractivity contribution < 1.29 is 4.39 Å². The van der Waals surface area contributed by atoms with E-state index in [2.05, 4.69) is 24.8 Å². The molecular weight excluding hydrogens is 283 g/mol. The van der Waals surface area contributed by atoms with Crippen LogP contribution in [0.25, 0.3) is 0 Å². The highest BCUT2D eigenvalue weighted by Gasteiger charge is 2.20. The highest BCUT2D eigenvalue weighted by Crippen LogP contribution is 2.18. The lowest BCUT2D eigenvalue weighted by molar-refractivity contribution is 0.612. The van der Waals surface area contributed by atoms with E-state index < -0.39 is 0 Å². The standard InChI is InChI=1S/C15H19FN6/c1-20(2)14-5-6-17-15(19-14)22-9-7-21(8-10-22)13-4-3-12(16)11-18-13/h3-6,11H,7-10H2,1-2H3. The molecule has 1 aliphatic heterocycles. The van der Waals surface area contributed by atoms with Gasteiger partial charge in [-0.25, -0.2) is 14.4 Å². The van der Waals surface area contributed by atoms with Crippen LogP contribution >= 0.6 is 0 Å². The third-order valence-corrected chi connectivity index (χ3v) is 3.68. The lowest BCUT2D eigenvalue weighted by atomic mass is 10.3. The Kier molecular flexibility index (Phi) is 4.04. The van der Waals surface area contributed by atoms with E-state index in [9.17, 15) is 4.39 Å². The normalized spacial score (nSPS) is 15.0. The van der Waals surface area contributed by atoms with Crippen molar-refractivity contribution in [3.63, 3.8) is 0 Å². The second kappa shape index (κ2) is 6.13. The highest BCUT2D eigenvalue weighted by molar-refractivity contribution is 5.45. The smallest absolute Gasteiger partial charge is 0.227 e. The van der Waals surface area contributed by atoms with Crippen molar-refractivity contribution in [2.24, 2.45) is 0 Å². The van der Waals surface area contributed by atoms with Gasteiger partial charge in [0.15, 0.2) is 0 Å². The number of anilines is 3. The number of aromatic nitrogens is 3. The second-order valence-corrected chi connectivity index (χ2v) is 5.42. The number of rotatable bonds is 3. The Morgan fingerprint density at radius 1 is 1.00 bits per heavy atom. The van der Waals surface area contributed by atoms with Crippen molar-refractivity contribution in [2.45, 2.75) is 0 Å². The molecule has 1 saturated heterocycles. The van der Waals surface area contributed by atoms with Gasteiger partial charge in [-0.05, 0) is 18.2 Å². The lowest BCUT2D eigenvalue weighted by Gasteiger charge is -2.35. The SMILES string of the molecule is CN(C)c1ccnc(N2CCN(c3ccc(F)cn3)CC2)n1. The highest BCUT2D eigenvalue weighted by atomic mass is 19.1. The molecule has 3 rings (SSSR count). The van der Waals surface area contributed by atoms with Gasteiger partial charge >= 0.3 is 0 Å². The first-order valence-electron chi connectivity index (χ1n) is 7.25. The Balaban J connectivity index is 1.66. The van der Waals surface area contributed by atoms with Gasteiger partial charge in [0.1, 0.15) is 17.5 Å². The number of pyridine rings is 1. The molecule has 6 nitrogen and oxygen atoms in total. The Labute approximate surface area is 129 Å². The van der Waals surface area contributed by atoms with E-state index in [1.165, 1.54) is 12.3 Å². The van der Waals surface area contributed by atoms with E-state index in [1.807, 2.05) is 25.1 Å². The van der Waals surface area contributed by atoms with E-state index in [0.717, 1.165) is 43.8 Å². The molecule has 0 radical (unpaired) electrons. The minimum atomic E-state index is -0.309. The molecule has 0 atom stereocenters. The summed E-state index contributed by atoms with van der Waals surface area (Å²) >= 11 is 0. The van der Waals surface area contributed by atoms with Crippen LogP contribution in [-0.4, -0.2) is 55.2 Å². The first-order valence-corrected chi connectivity index (χ1v) is 7.25. The summed E-state index contributed by atoms with van der Waals surface area (Å²) < 4.78 is 12.9. The number of hydrogen-bond acceptors (Lipinski definition) is 6. The molecule has 0 unspecified atom stereocenters. The van der Waals surface area contributed by atoms with Crippen LogP contribution in [0.15, 0.2) is 30.6 Å². The number of hydrogen-bond donors (Lipinski definition) is 0. The van der Waals surface area contributed by atoms with E-state index >= 15 is 0 Å². The fourth-order valence-corrected chi connectivity index (χ4v) is 2.43. The average Bonchev–Trinajstić information content (AvgIpc) is 2.56. The van der Waals surface area contributed by atoms with Gasteiger partial charge in [0.25, 0.3) is 0 Å². The molecule has 0 amide bonds. The molecule has 3 heterocycles. The molecule has 0 aliphatic carbocycles. The summed E-state index contributed by atoms with van der Waals surface area (Å²) in [5.41, 5.74) is 0. The zero-order chi connectivity index (χ0) is 15.5. The monoisotopic (exact) mass is 302 g/mol. The van der Waals surface area contributed by atoms with Crippen molar-refractivity contribution in [3.8, 4) is 0 Å². The van der Waals surface area contributed by atoms with Gasteiger partial charge in [-0.1, -0.05) is 0 Å². The topological polar surface area (TPSA) is 48.4 Å². The van der Waals surface area contributed by atoms with Crippen molar-refractivity contribution in [2.75, 3.05) is 55.0 Å². The van der Waals surface area contributed by atoms with Gasteiger partial charge in [0.05, 0.1) is 6.20 Å². The van der Waals surface area contributed by atoms with Gasteiger partial charge in [-0.2, -0.15) is 4.98 Å². The molecule has 2 aromatic heterocycles. The molecule has 1 aliphatic rings. The number of piperazine rings is 1. The van der Waals surface area contributed by atoms with Crippen LogP contribution in [0.2, 0.25) is 0 Å². The minimum absolute atomic E-state index is 0.309. The molecule has 7 heteroatoms. The van der Waals surface area contributed by atoms with Crippen LogP contribution in [0, 0.1) is 5.82 Å². The molecule has 22 heavy (non-hydrogen) atoms. The third-order valence-electron chi connectivity index (χ3n) is 3.68. The van der Waals surface area contributed by atoms with E-state index in [1.54, 1.807) is 12.3 Å². The van der Waals surface area contributed by atoms with Crippen LogP contribution in [0.3, 0.4) is 0 Å². The Bertz CT molecular complexity index is 622. The summed E-state index contributed by atoms with van der Waals surface area (Å²) in [7, 11) is 3.93. The number of halogens is 1. The summed E-state index contributed by atoms with van der Waals surface area (Å²) in [6.07, 6.45) is 3.04. The van der Waals surface area contributed by atoms with Crippen LogP contribution in [0.1, 0.15) is 0 Å². The van der Waals surface area contributed by atoms with Gasteiger partial charge in [-0.15, -0.1) is 0 Å². The first kappa shape index (κ1) is 14.5. The lowest BCUT2D eigenvalue weighted by Crippen LogP contribution is -2.47. The quantitative estimate of drug-likeness (QED) is 0.854. The molecular formula is C15H19FN6. The molecule has 2 aromatic rings. The van der Waals surface area contributed by atoms with Gasteiger partial charge < -0.3 is 14.7 Å².